The lowest BCUT2D eigenvalue weighted by molar-refractivity contribution is -0.384. The number of non-ortho nitro benzene ring substituents is 1. The normalized spacial score (nSPS) is 10.6. The number of Topliss-reactive ketones (excluding diaryl/α,β-unsaturated/α-hetero) is 1. The highest BCUT2D eigenvalue weighted by molar-refractivity contribution is 6.02. The highest BCUT2D eigenvalue weighted by atomic mass is 16.6. The van der Waals surface area contributed by atoms with Crippen LogP contribution in [0.3, 0.4) is 0 Å². The SMILES string of the molecule is CCN(CC)c1ccc([N+](=O)[O-])cc1C(=O)OCC(=O)c1cc(C)n(C)c1C. The molecule has 0 atom stereocenters. The van der Waals surface area contributed by atoms with Crippen molar-refractivity contribution in [1.29, 1.82) is 0 Å². The summed E-state index contributed by atoms with van der Waals surface area (Å²) >= 11 is 0. The summed E-state index contributed by atoms with van der Waals surface area (Å²) in [6.07, 6.45) is 0. The number of rotatable bonds is 8. The monoisotopic (exact) mass is 387 g/mol. The van der Waals surface area contributed by atoms with Crippen molar-refractivity contribution in [3.05, 3.63) is 56.9 Å². The number of aryl methyl sites for hydroxylation is 1. The Morgan fingerprint density at radius 2 is 1.79 bits per heavy atom. The van der Waals surface area contributed by atoms with E-state index in [0.717, 1.165) is 11.4 Å². The summed E-state index contributed by atoms with van der Waals surface area (Å²) in [7, 11) is 1.85. The quantitative estimate of drug-likeness (QED) is 0.298. The Kier molecular flexibility index (Phi) is 6.56. The number of nitro benzene ring substituents is 1. The maximum Gasteiger partial charge on any atom is 0.340 e. The van der Waals surface area contributed by atoms with E-state index in [0.29, 0.717) is 24.3 Å². The van der Waals surface area contributed by atoms with Gasteiger partial charge < -0.3 is 14.2 Å². The average molecular weight is 387 g/mol. The predicted molar refractivity (Wildman–Crippen MR) is 106 cm³/mol. The lowest BCUT2D eigenvalue weighted by Gasteiger charge is -2.23. The van der Waals surface area contributed by atoms with Gasteiger partial charge in [-0.2, -0.15) is 0 Å². The maximum absolute atomic E-state index is 12.6. The van der Waals surface area contributed by atoms with Gasteiger partial charge >= 0.3 is 5.97 Å². The topological polar surface area (TPSA) is 94.7 Å². The molecule has 8 heteroatoms. The van der Waals surface area contributed by atoms with Crippen molar-refractivity contribution in [2.24, 2.45) is 7.05 Å². The van der Waals surface area contributed by atoms with E-state index in [-0.39, 0.29) is 17.0 Å². The van der Waals surface area contributed by atoms with Gasteiger partial charge in [-0.3, -0.25) is 14.9 Å². The molecule has 0 aliphatic rings. The van der Waals surface area contributed by atoms with Crippen molar-refractivity contribution in [2.75, 3.05) is 24.6 Å². The molecule has 0 unspecified atom stereocenters. The van der Waals surface area contributed by atoms with Crippen LogP contribution < -0.4 is 4.90 Å². The number of benzene rings is 1. The van der Waals surface area contributed by atoms with E-state index in [1.54, 1.807) is 6.07 Å². The second kappa shape index (κ2) is 8.69. The van der Waals surface area contributed by atoms with Crippen molar-refractivity contribution in [3.63, 3.8) is 0 Å². The number of hydrogen-bond donors (Lipinski definition) is 0. The molecule has 1 aromatic heterocycles. The molecule has 0 aliphatic carbocycles. The van der Waals surface area contributed by atoms with Crippen molar-refractivity contribution < 1.29 is 19.2 Å². The zero-order valence-corrected chi connectivity index (χ0v) is 16.8. The third-order valence-corrected chi connectivity index (χ3v) is 4.92. The second-order valence-corrected chi connectivity index (χ2v) is 6.47. The lowest BCUT2D eigenvalue weighted by Crippen LogP contribution is -2.25. The van der Waals surface area contributed by atoms with Crippen molar-refractivity contribution in [1.82, 2.24) is 4.57 Å². The van der Waals surface area contributed by atoms with Crippen LogP contribution in [-0.4, -0.2) is 40.9 Å². The number of hydrogen-bond acceptors (Lipinski definition) is 6. The van der Waals surface area contributed by atoms with E-state index in [4.69, 9.17) is 4.74 Å². The van der Waals surface area contributed by atoms with Gasteiger partial charge in [-0.1, -0.05) is 0 Å². The molecule has 0 bridgehead atoms. The van der Waals surface area contributed by atoms with Gasteiger partial charge in [0.1, 0.15) is 0 Å². The number of ketones is 1. The van der Waals surface area contributed by atoms with Gasteiger partial charge in [0.05, 0.1) is 16.2 Å². The number of nitro groups is 1. The van der Waals surface area contributed by atoms with E-state index in [1.165, 1.54) is 18.2 Å². The van der Waals surface area contributed by atoms with E-state index >= 15 is 0 Å². The fourth-order valence-corrected chi connectivity index (χ4v) is 3.07. The van der Waals surface area contributed by atoms with Gasteiger partial charge in [-0.05, 0) is 39.8 Å². The van der Waals surface area contributed by atoms with Crippen LogP contribution in [0.1, 0.15) is 46.0 Å². The van der Waals surface area contributed by atoms with Crippen LogP contribution in [0, 0.1) is 24.0 Å². The van der Waals surface area contributed by atoms with Crippen LogP contribution >= 0.6 is 0 Å². The molecule has 0 saturated carbocycles. The molecule has 1 aromatic carbocycles. The lowest BCUT2D eigenvalue weighted by atomic mass is 10.1. The zero-order valence-electron chi connectivity index (χ0n) is 16.8. The first-order valence-corrected chi connectivity index (χ1v) is 9.07. The van der Waals surface area contributed by atoms with Crippen LogP contribution in [0.25, 0.3) is 0 Å². The summed E-state index contributed by atoms with van der Waals surface area (Å²) in [5.41, 5.74) is 2.62. The van der Waals surface area contributed by atoms with Gasteiger partial charge in [0.2, 0.25) is 5.78 Å². The molecule has 2 rings (SSSR count). The molecule has 28 heavy (non-hydrogen) atoms. The molecule has 8 nitrogen and oxygen atoms in total. The van der Waals surface area contributed by atoms with Crippen LogP contribution in [0.15, 0.2) is 24.3 Å². The number of esters is 1. The van der Waals surface area contributed by atoms with Gasteiger partial charge in [0.15, 0.2) is 6.61 Å². The van der Waals surface area contributed by atoms with Crippen LogP contribution in [0.4, 0.5) is 11.4 Å². The second-order valence-electron chi connectivity index (χ2n) is 6.47. The Morgan fingerprint density at radius 3 is 2.29 bits per heavy atom. The first-order chi connectivity index (χ1) is 13.2. The Labute approximate surface area is 163 Å². The molecule has 0 aliphatic heterocycles. The minimum absolute atomic E-state index is 0.0756. The molecule has 0 spiro atoms. The van der Waals surface area contributed by atoms with E-state index in [1.807, 2.05) is 44.2 Å². The summed E-state index contributed by atoms with van der Waals surface area (Å²) in [5.74, 6) is -1.08. The zero-order chi connectivity index (χ0) is 21.0. The van der Waals surface area contributed by atoms with Gasteiger partial charge in [0.25, 0.3) is 5.69 Å². The Balaban J connectivity index is 2.26. The van der Waals surface area contributed by atoms with Crippen molar-refractivity contribution in [3.8, 4) is 0 Å². The molecule has 2 aromatic rings. The highest BCUT2D eigenvalue weighted by Gasteiger charge is 2.22. The molecule has 0 radical (unpaired) electrons. The Hall–Kier alpha value is -3.16. The summed E-state index contributed by atoms with van der Waals surface area (Å²) in [5, 5.41) is 11.1. The average Bonchev–Trinajstić information content (AvgIpc) is 2.94. The molecular formula is C20H25N3O5. The minimum Gasteiger partial charge on any atom is -0.454 e. The van der Waals surface area contributed by atoms with Gasteiger partial charge in [-0.25, -0.2) is 4.79 Å². The first-order valence-electron chi connectivity index (χ1n) is 9.07. The largest absolute Gasteiger partial charge is 0.454 e. The minimum atomic E-state index is -0.760. The number of anilines is 1. The van der Waals surface area contributed by atoms with Crippen LogP contribution in [-0.2, 0) is 11.8 Å². The summed E-state index contributed by atoms with van der Waals surface area (Å²) in [4.78, 5) is 37.5. The summed E-state index contributed by atoms with van der Waals surface area (Å²) < 4.78 is 7.10. The molecular weight excluding hydrogens is 362 g/mol. The third-order valence-electron chi connectivity index (χ3n) is 4.92. The maximum atomic E-state index is 12.6. The molecule has 0 saturated heterocycles. The van der Waals surface area contributed by atoms with E-state index < -0.39 is 17.5 Å². The Morgan fingerprint density at radius 1 is 1.14 bits per heavy atom. The number of aromatic nitrogens is 1. The molecule has 0 fully saturated rings. The summed E-state index contributed by atoms with van der Waals surface area (Å²) in [6.45, 7) is 8.36. The van der Waals surface area contributed by atoms with E-state index in [2.05, 4.69) is 0 Å². The van der Waals surface area contributed by atoms with Gasteiger partial charge in [-0.15, -0.1) is 0 Å². The molecule has 150 valence electrons. The van der Waals surface area contributed by atoms with Crippen molar-refractivity contribution >= 4 is 23.1 Å². The van der Waals surface area contributed by atoms with Crippen molar-refractivity contribution in [2.45, 2.75) is 27.7 Å². The number of carbonyl (C=O) groups is 2. The van der Waals surface area contributed by atoms with E-state index in [9.17, 15) is 19.7 Å². The molecule has 0 amide bonds. The number of ether oxygens (including phenoxy) is 1. The summed E-state index contributed by atoms with van der Waals surface area (Å²) in [6, 6.07) is 5.83. The smallest absolute Gasteiger partial charge is 0.340 e. The fraction of sp³-hybridized carbons (Fsp3) is 0.400. The highest BCUT2D eigenvalue weighted by Crippen LogP contribution is 2.26. The standard InChI is InChI=1S/C20H25N3O5/c1-6-22(7-2)18-9-8-15(23(26)27)11-17(18)20(25)28-12-19(24)16-10-13(3)21(5)14(16)4/h8-11H,6-7,12H2,1-5H3. The van der Waals surface area contributed by atoms with Gasteiger partial charge in [0, 0.05) is 49.2 Å². The fourth-order valence-electron chi connectivity index (χ4n) is 3.07. The third kappa shape index (κ3) is 4.21. The number of nitrogens with zero attached hydrogens (tertiary/aromatic N) is 3. The molecule has 0 N–H and O–H groups in total. The predicted octanol–water partition coefficient (Wildman–Crippen LogP) is 3.44. The number of carbonyl (C=O) groups excluding carboxylic acids is 2. The Bertz CT molecular complexity index is 913. The van der Waals surface area contributed by atoms with Crippen LogP contribution in [0.2, 0.25) is 0 Å². The first kappa shape index (κ1) is 21.1. The molecule has 1 heterocycles. The van der Waals surface area contributed by atoms with Crippen LogP contribution in [0.5, 0.6) is 0 Å².